The molecule has 3 fully saturated rings. The fourth-order valence-corrected chi connectivity index (χ4v) is 7.78. The van der Waals surface area contributed by atoms with Crippen molar-refractivity contribution in [3.63, 3.8) is 0 Å². The molecule has 5 aromatic rings. The second-order valence-electron chi connectivity index (χ2n) is 12.5. The molecule has 0 bridgehead atoms. The highest BCUT2D eigenvalue weighted by atomic mass is 32.1. The van der Waals surface area contributed by atoms with Crippen LogP contribution in [0.5, 0.6) is 5.75 Å². The Morgan fingerprint density at radius 1 is 1.07 bits per heavy atom. The first-order valence-corrected chi connectivity index (χ1v) is 16.6. The van der Waals surface area contributed by atoms with E-state index < -0.39 is 0 Å². The maximum Gasteiger partial charge on any atom is 0.247 e. The standard InChI is InChI=1S/C35H36N8O2S/c1-4-32(44)38-27-13-28(31(45-3)14-30(27)42-18-21-16-41(2)17-22(21)19-42)39-35-37-15-25(34-36-11-12-46-34)33(40-35)26-20-43(23-9-10-23)29-8-6-5-7-24(26)29/h4-8,11-15,20-23H,1,9-10,16-19H2,2-3H3,(H,38,44)(H,37,39,40)/t21-,22+. The van der Waals surface area contributed by atoms with Crippen LogP contribution in [0.25, 0.3) is 32.7 Å². The first kappa shape index (κ1) is 28.7. The van der Waals surface area contributed by atoms with E-state index in [1.54, 1.807) is 24.6 Å². The van der Waals surface area contributed by atoms with Crippen LogP contribution in [-0.4, -0.2) is 70.7 Å². The quantitative estimate of drug-likeness (QED) is 0.179. The van der Waals surface area contributed by atoms with E-state index in [4.69, 9.17) is 14.7 Å². The second kappa shape index (κ2) is 11.6. The van der Waals surface area contributed by atoms with Gasteiger partial charge in [0.05, 0.1) is 35.4 Å². The molecule has 2 saturated heterocycles. The number of methoxy groups -OCH3 is 1. The van der Waals surface area contributed by atoms with Crippen molar-refractivity contribution in [1.29, 1.82) is 0 Å². The topological polar surface area (TPSA) is 100 Å². The smallest absolute Gasteiger partial charge is 0.247 e. The lowest BCUT2D eigenvalue weighted by Crippen LogP contribution is -2.27. The molecule has 11 heteroatoms. The van der Waals surface area contributed by atoms with Gasteiger partial charge in [0.2, 0.25) is 11.9 Å². The van der Waals surface area contributed by atoms with Crippen LogP contribution in [0.15, 0.2) is 73.0 Å². The fraction of sp³-hybridized carbons (Fsp3) is 0.314. The Balaban J connectivity index is 1.20. The number of carbonyl (C=O) groups is 1. The summed E-state index contributed by atoms with van der Waals surface area (Å²) in [4.78, 5) is 31.8. The van der Waals surface area contributed by atoms with E-state index in [2.05, 4.69) is 74.1 Å². The molecule has 2 aliphatic heterocycles. The molecule has 3 aliphatic rings. The highest BCUT2D eigenvalue weighted by Gasteiger charge is 2.39. The molecule has 2 N–H and O–H groups in total. The SMILES string of the molecule is C=CC(=O)Nc1cc(Nc2ncc(-c3nccs3)c(-c3cn(C4CC4)c4ccccc34)n2)c(OC)cc1N1C[C@H]2CN(C)C[C@H]2C1. The number of rotatable bonds is 9. The number of nitrogens with zero attached hydrogens (tertiary/aromatic N) is 6. The highest BCUT2D eigenvalue weighted by Crippen LogP contribution is 2.45. The summed E-state index contributed by atoms with van der Waals surface area (Å²) in [5.74, 6) is 2.00. The summed E-state index contributed by atoms with van der Waals surface area (Å²) in [6.07, 6.45) is 9.54. The average molecular weight is 633 g/mol. The number of likely N-dealkylation sites (tertiary alicyclic amines) is 1. The number of anilines is 4. The Kier molecular flexibility index (Phi) is 7.22. The molecule has 10 nitrogen and oxygen atoms in total. The average Bonchev–Trinajstić information content (AvgIpc) is 3.36. The van der Waals surface area contributed by atoms with Crippen LogP contribution < -0.4 is 20.3 Å². The molecule has 3 aromatic heterocycles. The van der Waals surface area contributed by atoms with Crippen LogP contribution in [0.4, 0.5) is 23.0 Å². The predicted molar refractivity (Wildman–Crippen MR) is 184 cm³/mol. The Hall–Kier alpha value is -4.74. The lowest BCUT2D eigenvalue weighted by Gasteiger charge is -2.26. The van der Waals surface area contributed by atoms with Crippen molar-refractivity contribution in [3.05, 3.63) is 73.0 Å². The third-order valence-electron chi connectivity index (χ3n) is 9.40. The molecular weight excluding hydrogens is 597 g/mol. The number of ether oxygens (including phenoxy) is 1. The van der Waals surface area contributed by atoms with Crippen molar-refractivity contribution in [2.45, 2.75) is 18.9 Å². The zero-order valence-electron chi connectivity index (χ0n) is 25.9. The number of fused-ring (bicyclic) bond motifs is 2. The summed E-state index contributed by atoms with van der Waals surface area (Å²) < 4.78 is 8.29. The predicted octanol–water partition coefficient (Wildman–Crippen LogP) is 6.43. The van der Waals surface area contributed by atoms with Gasteiger partial charge in [0.1, 0.15) is 10.8 Å². The van der Waals surface area contributed by atoms with Gasteiger partial charge in [-0.15, -0.1) is 11.3 Å². The molecular formula is C35H36N8O2S. The van der Waals surface area contributed by atoms with Crippen LogP contribution in [0.2, 0.25) is 0 Å². The number of aromatic nitrogens is 4. The van der Waals surface area contributed by atoms with Crippen molar-refractivity contribution < 1.29 is 9.53 Å². The number of amides is 1. The maximum atomic E-state index is 12.6. The molecule has 1 amide bonds. The summed E-state index contributed by atoms with van der Waals surface area (Å²) in [5.41, 5.74) is 6.22. The van der Waals surface area contributed by atoms with E-state index in [1.165, 1.54) is 24.4 Å². The number of thiazole rings is 1. The summed E-state index contributed by atoms with van der Waals surface area (Å²) in [7, 11) is 3.84. The van der Waals surface area contributed by atoms with Gasteiger partial charge in [-0.1, -0.05) is 24.8 Å². The van der Waals surface area contributed by atoms with Gasteiger partial charge in [-0.25, -0.2) is 15.0 Å². The number of carbonyl (C=O) groups excluding carboxylic acids is 1. The van der Waals surface area contributed by atoms with E-state index in [0.717, 1.165) is 59.1 Å². The monoisotopic (exact) mass is 632 g/mol. The zero-order valence-corrected chi connectivity index (χ0v) is 26.8. The van der Waals surface area contributed by atoms with Gasteiger partial charge in [-0.2, -0.15) is 0 Å². The van der Waals surface area contributed by atoms with E-state index >= 15 is 0 Å². The zero-order chi connectivity index (χ0) is 31.4. The highest BCUT2D eigenvalue weighted by molar-refractivity contribution is 7.13. The first-order valence-electron chi connectivity index (χ1n) is 15.7. The Bertz CT molecular complexity index is 1940. The minimum atomic E-state index is -0.269. The molecule has 46 heavy (non-hydrogen) atoms. The lowest BCUT2D eigenvalue weighted by atomic mass is 10.0. The minimum Gasteiger partial charge on any atom is -0.494 e. The Morgan fingerprint density at radius 3 is 2.59 bits per heavy atom. The van der Waals surface area contributed by atoms with Crippen molar-refractivity contribution in [2.24, 2.45) is 11.8 Å². The second-order valence-corrected chi connectivity index (χ2v) is 13.4. The summed E-state index contributed by atoms with van der Waals surface area (Å²) >= 11 is 1.57. The van der Waals surface area contributed by atoms with Crippen molar-refractivity contribution in [3.8, 4) is 27.6 Å². The van der Waals surface area contributed by atoms with Crippen molar-refractivity contribution >= 4 is 51.2 Å². The summed E-state index contributed by atoms with van der Waals surface area (Å²) in [6.45, 7) is 7.71. The molecule has 8 rings (SSSR count). The molecule has 0 unspecified atom stereocenters. The molecule has 0 radical (unpaired) electrons. The van der Waals surface area contributed by atoms with Crippen molar-refractivity contribution in [2.75, 3.05) is 55.9 Å². The maximum absolute atomic E-state index is 12.6. The normalized spacial score (nSPS) is 19.4. The van der Waals surface area contributed by atoms with E-state index in [0.29, 0.717) is 41.0 Å². The number of benzene rings is 2. The van der Waals surface area contributed by atoms with Gasteiger partial charge >= 0.3 is 0 Å². The van der Waals surface area contributed by atoms with Gasteiger partial charge < -0.3 is 29.7 Å². The number of nitrogens with one attached hydrogen (secondary N) is 2. The third kappa shape index (κ3) is 5.19. The summed E-state index contributed by atoms with van der Waals surface area (Å²) in [6, 6.07) is 12.9. The van der Waals surface area contributed by atoms with Gasteiger partial charge in [0.15, 0.2) is 0 Å². The van der Waals surface area contributed by atoms with Gasteiger partial charge in [-0.05, 0) is 49.9 Å². The van der Waals surface area contributed by atoms with E-state index in [1.807, 2.05) is 23.7 Å². The van der Waals surface area contributed by atoms with Gasteiger partial charge in [0, 0.05) is 78.7 Å². The Labute approximate surface area is 271 Å². The number of hydrogen-bond acceptors (Lipinski definition) is 9. The Morgan fingerprint density at radius 2 is 1.87 bits per heavy atom. The van der Waals surface area contributed by atoms with Crippen LogP contribution in [0, 0.1) is 11.8 Å². The molecule has 2 atom stereocenters. The van der Waals surface area contributed by atoms with Crippen LogP contribution >= 0.6 is 11.3 Å². The fourth-order valence-electron chi connectivity index (χ4n) is 7.13. The lowest BCUT2D eigenvalue weighted by molar-refractivity contribution is -0.111. The van der Waals surface area contributed by atoms with E-state index in [9.17, 15) is 4.79 Å². The molecule has 2 aromatic carbocycles. The van der Waals surface area contributed by atoms with Gasteiger partial charge in [0.25, 0.3) is 0 Å². The minimum absolute atomic E-state index is 0.269. The van der Waals surface area contributed by atoms with Crippen LogP contribution in [-0.2, 0) is 4.79 Å². The van der Waals surface area contributed by atoms with Crippen LogP contribution in [0.1, 0.15) is 18.9 Å². The number of para-hydroxylation sites is 1. The van der Waals surface area contributed by atoms with Gasteiger partial charge in [-0.3, -0.25) is 4.79 Å². The molecule has 0 spiro atoms. The largest absolute Gasteiger partial charge is 0.494 e. The summed E-state index contributed by atoms with van der Waals surface area (Å²) in [5, 5.41) is 10.4. The first-order chi connectivity index (χ1) is 22.5. The molecule has 5 heterocycles. The van der Waals surface area contributed by atoms with Crippen molar-refractivity contribution in [1.82, 2.24) is 24.4 Å². The molecule has 1 aliphatic carbocycles. The van der Waals surface area contributed by atoms with Crippen LogP contribution in [0.3, 0.4) is 0 Å². The molecule has 1 saturated carbocycles. The number of hydrogen-bond donors (Lipinski definition) is 2. The molecule has 234 valence electrons. The third-order valence-corrected chi connectivity index (χ3v) is 10.2. The van der Waals surface area contributed by atoms with E-state index in [-0.39, 0.29) is 5.91 Å².